The first-order chi connectivity index (χ1) is 5.40. The molecule has 1 fully saturated rings. The van der Waals surface area contributed by atoms with Crippen molar-refractivity contribution in [3.05, 3.63) is 0 Å². The summed E-state index contributed by atoms with van der Waals surface area (Å²) in [6, 6.07) is 0. The van der Waals surface area contributed by atoms with Gasteiger partial charge >= 0.3 is 5.97 Å². The summed E-state index contributed by atoms with van der Waals surface area (Å²) in [7, 11) is 0. The summed E-state index contributed by atoms with van der Waals surface area (Å²) in [6.45, 7) is 0.993. The van der Waals surface area contributed by atoms with Crippen molar-refractivity contribution in [3.63, 3.8) is 0 Å². The van der Waals surface area contributed by atoms with Crippen LogP contribution in [0.15, 0.2) is 0 Å². The lowest BCUT2D eigenvalue weighted by Crippen LogP contribution is -2.56. The minimum Gasteiger partial charge on any atom is -0.479 e. The molecule has 0 bridgehead atoms. The van der Waals surface area contributed by atoms with Crippen LogP contribution in [-0.2, 0) is 9.53 Å². The van der Waals surface area contributed by atoms with E-state index in [-0.39, 0.29) is 13.0 Å². The van der Waals surface area contributed by atoms with Crippen LogP contribution in [0.3, 0.4) is 0 Å². The SMILES string of the molecule is CC1(C(=O)O)OCCCC1(F)F. The summed E-state index contributed by atoms with van der Waals surface area (Å²) in [6.07, 6.45) is -0.217. The molecule has 1 atom stereocenters. The molecule has 0 spiro atoms. The molecular weight excluding hydrogens is 170 g/mol. The summed E-state index contributed by atoms with van der Waals surface area (Å²) in [4.78, 5) is 10.5. The fourth-order valence-corrected chi connectivity index (χ4v) is 1.13. The van der Waals surface area contributed by atoms with Gasteiger partial charge in [-0.25, -0.2) is 13.6 Å². The summed E-state index contributed by atoms with van der Waals surface area (Å²) < 4.78 is 30.6. The van der Waals surface area contributed by atoms with Crippen LogP contribution < -0.4 is 0 Å². The molecule has 0 aromatic carbocycles. The van der Waals surface area contributed by atoms with Crippen molar-refractivity contribution in [1.82, 2.24) is 0 Å². The van der Waals surface area contributed by atoms with Crippen molar-refractivity contribution in [2.75, 3.05) is 6.61 Å². The normalized spacial score (nSPS) is 34.6. The largest absolute Gasteiger partial charge is 0.479 e. The molecule has 3 nitrogen and oxygen atoms in total. The molecule has 1 heterocycles. The van der Waals surface area contributed by atoms with Crippen molar-refractivity contribution >= 4 is 5.97 Å². The van der Waals surface area contributed by atoms with E-state index in [2.05, 4.69) is 4.74 Å². The fraction of sp³-hybridized carbons (Fsp3) is 0.857. The molecule has 1 saturated heterocycles. The number of hydrogen-bond acceptors (Lipinski definition) is 2. The highest BCUT2D eigenvalue weighted by molar-refractivity contribution is 5.78. The highest BCUT2D eigenvalue weighted by atomic mass is 19.3. The Morgan fingerprint density at radius 3 is 2.50 bits per heavy atom. The third-order valence-corrected chi connectivity index (χ3v) is 2.13. The Labute approximate surface area is 68.3 Å². The maximum atomic E-state index is 13.0. The Hall–Kier alpha value is -0.710. The molecule has 5 heteroatoms. The van der Waals surface area contributed by atoms with E-state index >= 15 is 0 Å². The van der Waals surface area contributed by atoms with Crippen LogP contribution in [0.1, 0.15) is 19.8 Å². The number of rotatable bonds is 1. The molecule has 1 aliphatic heterocycles. The van der Waals surface area contributed by atoms with Crippen LogP contribution in [0.2, 0.25) is 0 Å². The Balaban J connectivity index is 2.91. The standard InChI is InChI=1S/C7H10F2O3/c1-6(5(10)11)7(8,9)3-2-4-12-6/h2-4H2,1H3,(H,10,11). The molecule has 1 rings (SSSR count). The first kappa shape index (κ1) is 9.38. The van der Waals surface area contributed by atoms with Crippen LogP contribution in [-0.4, -0.2) is 29.2 Å². The maximum Gasteiger partial charge on any atom is 0.342 e. The average Bonchev–Trinajstić information content (AvgIpc) is 1.95. The van der Waals surface area contributed by atoms with E-state index in [1.807, 2.05) is 0 Å². The van der Waals surface area contributed by atoms with Gasteiger partial charge < -0.3 is 9.84 Å². The highest BCUT2D eigenvalue weighted by Crippen LogP contribution is 2.39. The molecule has 0 amide bonds. The molecule has 12 heavy (non-hydrogen) atoms. The monoisotopic (exact) mass is 180 g/mol. The molecule has 1 unspecified atom stereocenters. The van der Waals surface area contributed by atoms with Gasteiger partial charge in [0.25, 0.3) is 5.92 Å². The lowest BCUT2D eigenvalue weighted by atomic mass is 9.91. The molecule has 0 saturated carbocycles. The number of carboxylic acid groups (broad SMARTS) is 1. The third-order valence-electron chi connectivity index (χ3n) is 2.13. The van der Waals surface area contributed by atoms with E-state index in [0.717, 1.165) is 6.92 Å². The maximum absolute atomic E-state index is 13.0. The second-order valence-electron chi connectivity index (χ2n) is 2.99. The molecule has 1 aliphatic rings. The van der Waals surface area contributed by atoms with Crippen molar-refractivity contribution in [3.8, 4) is 0 Å². The molecule has 0 aromatic rings. The van der Waals surface area contributed by atoms with E-state index in [1.165, 1.54) is 0 Å². The van der Waals surface area contributed by atoms with Crippen molar-refractivity contribution in [2.45, 2.75) is 31.3 Å². The second kappa shape index (κ2) is 2.65. The summed E-state index contributed by atoms with van der Waals surface area (Å²) in [5, 5.41) is 8.53. The Morgan fingerprint density at radius 1 is 1.58 bits per heavy atom. The van der Waals surface area contributed by atoms with Crippen molar-refractivity contribution in [1.29, 1.82) is 0 Å². The predicted octanol–water partition coefficient (Wildman–Crippen LogP) is 1.28. The smallest absolute Gasteiger partial charge is 0.342 e. The molecule has 0 radical (unpaired) electrons. The Bertz CT molecular complexity index is 205. The number of carboxylic acids is 1. The number of ether oxygens (including phenoxy) is 1. The van der Waals surface area contributed by atoms with Crippen LogP contribution >= 0.6 is 0 Å². The first-order valence-corrected chi connectivity index (χ1v) is 3.65. The van der Waals surface area contributed by atoms with Gasteiger partial charge in [-0.15, -0.1) is 0 Å². The predicted molar refractivity (Wildman–Crippen MR) is 36.2 cm³/mol. The highest BCUT2D eigenvalue weighted by Gasteiger charge is 2.58. The summed E-state index contributed by atoms with van der Waals surface area (Å²) >= 11 is 0. The summed E-state index contributed by atoms with van der Waals surface area (Å²) in [5.74, 6) is -4.87. The Kier molecular flexibility index (Phi) is 2.07. The van der Waals surface area contributed by atoms with Crippen LogP contribution in [0.4, 0.5) is 8.78 Å². The van der Waals surface area contributed by atoms with Crippen LogP contribution in [0.5, 0.6) is 0 Å². The molecule has 70 valence electrons. The zero-order valence-corrected chi connectivity index (χ0v) is 6.64. The van der Waals surface area contributed by atoms with Gasteiger partial charge in [0, 0.05) is 13.0 Å². The third kappa shape index (κ3) is 1.18. The number of alkyl halides is 2. The van der Waals surface area contributed by atoms with Gasteiger partial charge in [0.05, 0.1) is 0 Å². The van der Waals surface area contributed by atoms with Gasteiger partial charge in [-0.05, 0) is 13.3 Å². The summed E-state index contributed by atoms with van der Waals surface area (Å²) in [5.41, 5.74) is -2.34. The lowest BCUT2D eigenvalue weighted by Gasteiger charge is -2.37. The topological polar surface area (TPSA) is 46.5 Å². The number of halogens is 2. The zero-order chi connectivity index (χ0) is 9.41. The van der Waals surface area contributed by atoms with E-state index in [4.69, 9.17) is 5.11 Å². The molecular formula is C7H10F2O3. The minimum absolute atomic E-state index is 0.0817. The molecule has 0 aromatic heterocycles. The first-order valence-electron chi connectivity index (χ1n) is 3.65. The van der Waals surface area contributed by atoms with Gasteiger partial charge in [-0.1, -0.05) is 0 Å². The van der Waals surface area contributed by atoms with E-state index in [0.29, 0.717) is 0 Å². The number of hydrogen-bond donors (Lipinski definition) is 1. The number of carbonyl (C=O) groups is 1. The van der Waals surface area contributed by atoms with Gasteiger partial charge in [0.1, 0.15) is 0 Å². The molecule has 0 aliphatic carbocycles. The molecule has 1 N–H and O–H groups in total. The van der Waals surface area contributed by atoms with Gasteiger partial charge in [0.15, 0.2) is 0 Å². The Morgan fingerprint density at radius 2 is 2.17 bits per heavy atom. The van der Waals surface area contributed by atoms with E-state index < -0.39 is 23.9 Å². The zero-order valence-electron chi connectivity index (χ0n) is 6.64. The van der Waals surface area contributed by atoms with Gasteiger partial charge in [-0.3, -0.25) is 0 Å². The minimum atomic E-state index is -3.27. The fourth-order valence-electron chi connectivity index (χ4n) is 1.13. The lowest BCUT2D eigenvalue weighted by molar-refractivity contribution is -0.237. The van der Waals surface area contributed by atoms with Crippen molar-refractivity contribution in [2.24, 2.45) is 0 Å². The van der Waals surface area contributed by atoms with E-state index in [1.54, 1.807) is 0 Å². The quantitative estimate of drug-likeness (QED) is 0.661. The van der Waals surface area contributed by atoms with Gasteiger partial charge in [0.2, 0.25) is 5.60 Å². The average molecular weight is 180 g/mol. The van der Waals surface area contributed by atoms with Crippen LogP contribution in [0.25, 0.3) is 0 Å². The van der Waals surface area contributed by atoms with Crippen molar-refractivity contribution < 1.29 is 23.4 Å². The van der Waals surface area contributed by atoms with Gasteiger partial charge in [-0.2, -0.15) is 0 Å². The van der Waals surface area contributed by atoms with Crippen LogP contribution in [0, 0.1) is 0 Å². The number of aliphatic carboxylic acids is 1. The van der Waals surface area contributed by atoms with E-state index in [9.17, 15) is 13.6 Å². The second-order valence-corrected chi connectivity index (χ2v) is 2.99.